The predicted molar refractivity (Wildman–Crippen MR) is 74.6 cm³/mol. The number of carbonyl (C=O) groups is 1. The van der Waals surface area contributed by atoms with Crippen LogP contribution in [0.15, 0.2) is 0 Å². The predicted octanol–water partition coefficient (Wildman–Crippen LogP) is 1.61. The minimum atomic E-state index is -0.480. The van der Waals surface area contributed by atoms with Crippen molar-refractivity contribution in [3.8, 4) is 0 Å². The molecule has 0 saturated heterocycles. The van der Waals surface area contributed by atoms with E-state index in [0.717, 1.165) is 6.42 Å². The molecule has 0 aliphatic heterocycles. The SMILES string of the molecule is CCC(C)NC(CN)C(C)NC(=O)OC(C)(C)C. The Bertz CT molecular complexity index is 251. The zero-order chi connectivity index (χ0) is 14.3. The van der Waals surface area contributed by atoms with E-state index in [2.05, 4.69) is 24.5 Å². The van der Waals surface area contributed by atoms with Gasteiger partial charge in [0.2, 0.25) is 0 Å². The Morgan fingerprint density at radius 2 is 1.89 bits per heavy atom. The number of hydrogen-bond acceptors (Lipinski definition) is 4. The molecule has 0 aromatic rings. The third-order valence-corrected chi connectivity index (χ3v) is 2.71. The minimum Gasteiger partial charge on any atom is -0.444 e. The van der Waals surface area contributed by atoms with Gasteiger partial charge in [0.1, 0.15) is 5.60 Å². The fraction of sp³-hybridized carbons (Fsp3) is 0.923. The fourth-order valence-electron chi connectivity index (χ4n) is 1.49. The topological polar surface area (TPSA) is 76.4 Å². The maximum absolute atomic E-state index is 11.6. The molecule has 0 radical (unpaired) electrons. The summed E-state index contributed by atoms with van der Waals surface area (Å²) in [5, 5.41) is 6.20. The molecule has 108 valence electrons. The number of amides is 1. The Morgan fingerprint density at radius 1 is 1.33 bits per heavy atom. The third-order valence-electron chi connectivity index (χ3n) is 2.71. The van der Waals surface area contributed by atoms with E-state index in [-0.39, 0.29) is 12.1 Å². The molecule has 0 aliphatic rings. The summed E-state index contributed by atoms with van der Waals surface area (Å²) < 4.78 is 5.22. The van der Waals surface area contributed by atoms with E-state index >= 15 is 0 Å². The molecule has 5 heteroatoms. The van der Waals surface area contributed by atoms with Gasteiger partial charge < -0.3 is 21.1 Å². The van der Waals surface area contributed by atoms with Crippen molar-refractivity contribution >= 4 is 6.09 Å². The second-order valence-corrected chi connectivity index (χ2v) is 5.75. The summed E-state index contributed by atoms with van der Waals surface area (Å²) in [5.41, 5.74) is 5.25. The summed E-state index contributed by atoms with van der Waals surface area (Å²) in [7, 11) is 0. The zero-order valence-electron chi connectivity index (χ0n) is 12.5. The largest absolute Gasteiger partial charge is 0.444 e. The fourth-order valence-corrected chi connectivity index (χ4v) is 1.49. The van der Waals surface area contributed by atoms with Crippen molar-refractivity contribution in [2.75, 3.05) is 6.54 Å². The Morgan fingerprint density at radius 3 is 2.28 bits per heavy atom. The Kier molecular flexibility index (Phi) is 7.25. The van der Waals surface area contributed by atoms with Crippen molar-refractivity contribution in [1.82, 2.24) is 10.6 Å². The molecule has 3 atom stereocenters. The van der Waals surface area contributed by atoms with Crippen LogP contribution in [0.1, 0.15) is 48.0 Å². The van der Waals surface area contributed by atoms with Gasteiger partial charge in [0, 0.05) is 24.7 Å². The molecule has 0 aromatic carbocycles. The number of alkyl carbamates (subject to hydrolysis) is 1. The van der Waals surface area contributed by atoms with Crippen molar-refractivity contribution in [2.45, 2.75) is 71.7 Å². The van der Waals surface area contributed by atoms with E-state index in [1.165, 1.54) is 0 Å². The van der Waals surface area contributed by atoms with Crippen molar-refractivity contribution in [1.29, 1.82) is 0 Å². The maximum atomic E-state index is 11.6. The molecule has 0 aromatic heterocycles. The normalized spacial score (nSPS) is 16.8. The first-order valence-corrected chi connectivity index (χ1v) is 6.65. The molecular weight excluding hydrogens is 230 g/mol. The molecule has 0 heterocycles. The average molecular weight is 259 g/mol. The Hall–Kier alpha value is -0.810. The van der Waals surface area contributed by atoms with Gasteiger partial charge in [0.05, 0.1) is 0 Å². The molecule has 5 nitrogen and oxygen atoms in total. The molecule has 18 heavy (non-hydrogen) atoms. The standard InChI is InChI=1S/C13H29N3O2/c1-7-9(2)15-11(8-14)10(3)16-12(17)18-13(4,5)6/h9-11,15H,7-8,14H2,1-6H3,(H,16,17). The molecule has 0 aliphatic carbocycles. The highest BCUT2D eigenvalue weighted by Gasteiger charge is 2.22. The van der Waals surface area contributed by atoms with Crippen LogP contribution in [-0.2, 0) is 4.74 Å². The van der Waals surface area contributed by atoms with Gasteiger partial charge in [0.15, 0.2) is 0 Å². The molecule has 0 bridgehead atoms. The number of nitrogens with one attached hydrogen (secondary N) is 2. The van der Waals surface area contributed by atoms with Crippen molar-refractivity contribution in [3.05, 3.63) is 0 Å². The second-order valence-electron chi connectivity index (χ2n) is 5.75. The molecule has 0 spiro atoms. The van der Waals surface area contributed by atoms with Crippen molar-refractivity contribution in [2.24, 2.45) is 5.73 Å². The van der Waals surface area contributed by atoms with Crippen molar-refractivity contribution < 1.29 is 9.53 Å². The lowest BCUT2D eigenvalue weighted by Crippen LogP contribution is -2.54. The summed E-state index contributed by atoms with van der Waals surface area (Å²) >= 11 is 0. The molecule has 0 saturated carbocycles. The monoisotopic (exact) mass is 259 g/mol. The molecule has 0 rings (SSSR count). The lowest BCUT2D eigenvalue weighted by Gasteiger charge is -2.29. The van der Waals surface area contributed by atoms with Gasteiger partial charge in [-0.15, -0.1) is 0 Å². The van der Waals surface area contributed by atoms with Crippen LogP contribution in [0.2, 0.25) is 0 Å². The van der Waals surface area contributed by atoms with Crippen LogP contribution in [0.5, 0.6) is 0 Å². The lowest BCUT2D eigenvalue weighted by atomic mass is 10.1. The zero-order valence-corrected chi connectivity index (χ0v) is 12.5. The van der Waals surface area contributed by atoms with E-state index in [9.17, 15) is 4.79 Å². The lowest BCUT2D eigenvalue weighted by molar-refractivity contribution is 0.0497. The molecule has 3 unspecified atom stereocenters. The van der Waals surface area contributed by atoms with Crippen LogP contribution < -0.4 is 16.4 Å². The Balaban J connectivity index is 4.26. The molecule has 1 amide bonds. The van der Waals surface area contributed by atoms with Gasteiger partial charge in [-0.1, -0.05) is 6.92 Å². The summed E-state index contributed by atoms with van der Waals surface area (Å²) in [6.45, 7) is 12.1. The van der Waals surface area contributed by atoms with Crippen LogP contribution in [0.25, 0.3) is 0 Å². The van der Waals surface area contributed by atoms with Crippen molar-refractivity contribution in [3.63, 3.8) is 0 Å². The van der Waals surface area contributed by atoms with E-state index < -0.39 is 11.7 Å². The highest BCUT2D eigenvalue weighted by atomic mass is 16.6. The highest BCUT2D eigenvalue weighted by Crippen LogP contribution is 2.07. The van der Waals surface area contributed by atoms with E-state index in [1.54, 1.807) is 0 Å². The van der Waals surface area contributed by atoms with E-state index in [4.69, 9.17) is 10.5 Å². The van der Waals surface area contributed by atoms with Crippen LogP contribution in [-0.4, -0.2) is 36.4 Å². The van der Waals surface area contributed by atoms with Gasteiger partial charge in [-0.3, -0.25) is 0 Å². The van der Waals surface area contributed by atoms with E-state index in [0.29, 0.717) is 12.6 Å². The van der Waals surface area contributed by atoms with E-state index in [1.807, 2.05) is 27.7 Å². The summed E-state index contributed by atoms with van der Waals surface area (Å²) in [6.07, 6.45) is 0.620. The molecule has 4 N–H and O–H groups in total. The summed E-state index contributed by atoms with van der Waals surface area (Å²) in [4.78, 5) is 11.6. The van der Waals surface area contributed by atoms with Gasteiger partial charge in [-0.25, -0.2) is 4.79 Å². The Labute approximate surface area is 111 Å². The summed E-state index contributed by atoms with van der Waals surface area (Å²) in [6, 6.07) is 0.354. The number of hydrogen-bond donors (Lipinski definition) is 3. The number of rotatable bonds is 6. The maximum Gasteiger partial charge on any atom is 0.407 e. The quantitative estimate of drug-likeness (QED) is 0.677. The third kappa shape index (κ3) is 7.50. The first-order chi connectivity index (χ1) is 8.19. The highest BCUT2D eigenvalue weighted by molar-refractivity contribution is 5.68. The van der Waals surface area contributed by atoms with Gasteiger partial charge >= 0.3 is 6.09 Å². The smallest absolute Gasteiger partial charge is 0.407 e. The van der Waals surface area contributed by atoms with Crippen LogP contribution in [0, 0.1) is 0 Å². The number of carbonyl (C=O) groups excluding carboxylic acids is 1. The van der Waals surface area contributed by atoms with Gasteiger partial charge in [0.25, 0.3) is 0 Å². The van der Waals surface area contributed by atoms with Crippen LogP contribution >= 0.6 is 0 Å². The minimum absolute atomic E-state index is 0.0486. The van der Waals surface area contributed by atoms with Crippen LogP contribution in [0.4, 0.5) is 4.79 Å². The van der Waals surface area contributed by atoms with Gasteiger partial charge in [-0.2, -0.15) is 0 Å². The average Bonchev–Trinajstić information content (AvgIpc) is 2.22. The van der Waals surface area contributed by atoms with Gasteiger partial charge in [-0.05, 0) is 41.0 Å². The summed E-state index contributed by atoms with van der Waals surface area (Å²) in [5.74, 6) is 0. The second kappa shape index (κ2) is 7.59. The first kappa shape index (κ1) is 17.2. The van der Waals surface area contributed by atoms with Crippen LogP contribution in [0.3, 0.4) is 0 Å². The number of ether oxygens (including phenoxy) is 1. The molecular formula is C13H29N3O2. The molecule has 0 fully saturated rings. The number of nitrogens with two attached hydrogens (primary N) is 1. The first-order valence-electron chi connectivity index (χ1n) is 6.65.